The summed E-state index contributed by atoms with van der Waals surface area (Å²) in [7, 11) is 0. The summed E-state index contributed by atoms with van der Waals surface area (Å²) in [6, 6.07) is 22.8. The minimum Gasteiger partial charge on any atom is -0.457 e. The first-order chi connectivity index (χ1) is 16.0. The second kappa shape index (κ2) is 8.23. The summed E-state index contributed by atoms with van der Waals surface area (Å²) < 4.78 is 7.61. The molecular weight excluding hydrogens is 420 g/mol. The van der Waals surface area contributed by atoms with Crippen molar-refractivity contribution in [2.45, 2.75) is 19.6 Å². The fourth-order valence-corrected chi connectivity index (χ4v) is 4.12. The van der Waals surface area contributed by atoms with E-state index in [4.69, 9.17) is 4.74 Å². The van der Waals surface area contributed by atoms with Crippen molar-refractivity contribution >= 4 is 28.6 Å². The lowest BCUT2D eigenvalue weighted by Crippen LogP contribution is -2.29. The molecule has 5 rings (SSSR count). The Bertz CT molecular complexity index is 1390. The number of fused-ring (bicyclic) bond motifs is 3. The molecule has 1 atom stereocenters. The summed E-state index contributed by atoms with van der Waals surface area (Å²) in [5.41, 5.74) is 4.25. The Morgan fingerprint density at radius 2 is 1.76 bits per heavy atom. The molecule has 0 unspecified atom stereocenters. The van der Waals surface area contributed by atoms with Gasteiger partial charge in [0.2, 0.25) is 5.95 Å². The summed E-state index contributed by atoms with van der Waals surface area (Å²) in [5.74, 6) is 0.132. The number of nitro benzene ring substituents is 1. The predicted molar refractivity (Wildman–Crippen MR) is 124 cm³/mol. The lowest BCUT2D eigenvalue weighted by atomic mass is 9.95. The molecule has 1 aliphatic heterocycles. The van der Waals surface area contributed by atoms with E-state index in [0.717, 1.165) is 22.2 Å². The largest absolute Gasteiger partial charge is 0.457 e. The fraction of sp³-hybridized carbons (Fsp3) is 0.120. The fourth-order valence-electron chi connectivity index (χ4n) is 4.12. The number of imidazole rings is 1. The van der Waals surface area contributed by atoms with Crippen LogP contribution in [0.3, 0.4) is 0 Å². The molecule has 2 heterocycles. The monoisotopic (exact) mass is 440 g/mol. The number of nitrogens with zero attached hydrogens (tertiary/aromatic N) is 3. The summed E-state index contributed by atoms with van der Waals surface area (Å²) in [5, 5.41) is 14.4. The van der Waals surface area contributed by atoms with Crippen molar-refractivity contribution in [3.63, 3.8) is 0 Å². The van der Waals surface area contributed by atoms with Crippen LogP contribution in [0.5, 0.6) is 0 Å². The molecule has 33 heavy (non-hydrogen) atoms. The molecule has 0 fully saturated rings. The van der Waals surface area contributed by atoms with E-state index < -0.39 is 16.9 Å². The van der Waals surface area contributed by atoms with Crippen molar-refractivity contribution in [2.75, 3.05) is 5.32 Å². The third-order valence-electron chi connectivity index (χ3n) is 5.68. The number of hydrogen-bond acceptors (Lipinski definition) is 6. The maximum atomic E-state index is 13.3. The van der Waals surface area contributed by atoms with Gasteiger partial charge in [-0.05, 0) is 42.3 Å². The van der Waals surface area contributed by atoms with Crippen LogP contribution in [0.1, 0.15) is 24.1 Å². The van der Waals surface area contributed by atoms with E-state index in [1.165, 1.54) is 12.1 Å². The summed E-state index contributed by atoms with van der Waals surface area (Å²) in [6.07, 6.45) is 0. The van der Waals surface area contributed by atoms with E-state index in [0.29, 0.717) is 17.2 Å². The second-order valence-corrected chi connectivity index (χ2v) is 7.77. The van der Waals surface area contributed by atoms with E-state index in [1.807, 2.05) is 59.2 Å². The van der Waals surface area contributed by atoms with Gasteiger partial charge in [0.1, 0.15) is 6.61 Å². The Morgan fingerprint density at radius 3 is 2.48 bits per heavy atom. The van der Waals surface area contributed by atoms with Crippen molar-refractivity contribution in [3.8, 4) is 0 Å². The number of carbonyl (C=O) groups excluding carboxylic acids is 1. The van der Waals surface area contributed by atoms with Gasteiger partial charge in [0, 0.05) is 17.8 Å². The van der Waals surface area contributed by atoms with Crippen LogP contribution in [0, 0.1) is 10.1 Å². The highest BCUT2D eigenvalue weighted by atomic mass is 16.6. The standard InChI is InChI=1S/C25H20N4O4/c1-16-22(24(30)33-15-17-7-3-2-4-8-17)23(18-11-13-19(14-12-18)29(31)32)28-21-10-6-5-9-20(21)27-25(28)26-16/h2-14,23H,15H2,1H3,(H,26,27)/t23-/m1/s1. The Balaban J connectivity index is 1.59. The van der Waals surface area contributed by atoms with Crippen molar-refractivity contribution < 1.29 is 14.5 Å². The van der Waals surface area contributed by atoms with Crippen LogP contribution < -0.4 is 5.32 Å². The second-order valence-electron chi connectivity index (χ2n) is 7.77. The Hall–Kier alpha value is -4.46. The van der Waals surface area contributed by atoms with Crippen molar-refractivity contribution in [3.05, 3.63) is 111 Å². The molecule has 164 valence electrons. The summed E-state index contributed by atoms with van der Waals surface area (Å²) in [6.45, 7) is 1.95. The van der Waals surface area contributed by atoms with Gasteiger partial charge >= 0.3 is 5.97 Å². The molecule has 4 aromatic rings. The molecule has 8 heteroatoms. The van der Waals surface area contributed by atoms with Crippen LogP contribution >= 0.6 is 0 Å². The smallest absolute Gasteiger partial charge is 0.338 e. The molecule has 0 aliphatic carbocycles. The molecule has 0 saturated carbocycles. The van der Waals surface area contributed by atoms with Crippen molar-refractivity contribution in [1.29, 1.82) is 0 Å². The molecule has 0 spiro atoms. The number of non-ortho nitro benzene ring substituents is 1. The molecule has 0 bridgehead atoms. The van der Waals surface area contributed by atoms with Gasteiger partial charge in [-0.1, -0.05) is 42.5 Å². The predicted octanol–water partition coefficient (Wildman–Crippen LogP) is 4.98. The zero-order chi connectivity index (χ0) is 22.9. The van der Waals surface area contributed by atoms with Gasteiger partial charge < -0.3 is 10.1 Å². The number of allylic oxidation sites excluding steroid dienone is 1. The third-order valence-corrected chi connectivity index (χ3v) is 5.68. The van der Waals surface area contributed by atoms with Crippen molar-refractivity contribution in [2.24, 2.45) is 0 Å². The number of para-hydroxylation sites is 2. The van der Waals surface area contributed by atoms with Gasteiger partial charge in [-0.25, -0.2) is 9.78 Å². The molecule has 0 radical (unpaired) electrons. The van der Waals surface area contributed by atoms with Crippen molar-refractivity contribution in [1.82, 2.24) is 9.55 Å². The van der Waals surface area contributed by atoms with Gasteiger partial charge in [0.25, 0.3) is 5.69 Å². The summed E-state index contributed by atoms with van der Waals surface area (Å²) >= 11 is 0. The number of rotatable bonds is 5. The summed E-state index contributed by atoms with van der Waals surface area (Å²) in [4.78, 5) is 28.7. The van der Waals surface area contributed by atoms with E-state index in [2.05, 4.69) is 10.3 Å². The molecule has 3 aromatic carbocycles. The average molecular weight is 440 g/mol. The topological polar surface area (TPSA) is 99.3 Å². The SMILES string of the molecule is CC1=C(C(=O)OCc2ccccc2)[C@@H](c2ccc([N+](=O)[O-])cc2)n2c(nc3ccccc32)N1. The lowest BCUT2D eigenvalue weighted by molar-refractivity contribution is -0.384. The molecule has 0 amide bonds. The molecular formula is C25H20N4O4. The molecule has 8 nitrogen and oxygen atoms in total. The normalized spacial score (nSPS) is 15.1. The first-order valence-electron chi connectivity index (χ1n) is 10.4. The van der Waals surface area contributed by atoms with Gasteiger partial charge in [-0.2, -0.15) is 0 Å². The molecule has 1 N–H and O–H groups in total. The first kappa shape index (κ1) is 20.4. The zero-order valence-corrected chi connectivity index (χ0v) is 17.8. The Morgan fingerprint density at radius 1 is 1.06 bits per heavy atom. The van der Waals surface area contributed by atoms with Crippen LogP contribution in [-0.4, -0.2) is 20.4 Å². The van der Waals surface area contributed by atoms with Crippen LogP contribution in [0.4, 0.5) is 11.6 Å². The van der Waals surface area contributed by atoms with Gasteiger partial charge in [0.15, 0.2) is 0 Å². The molecule has 0 saturated heterocycles. The number of esters is 1. The number of hydrogen-bond donors (Lipinski definition) is 1. The quantitative estimate of drug-likeness (QED) is 0.267. The Kier molecular flexibility index (Phi) is 5.10. The number of anilines is 1. The minimum absolute atomic E-state index is 0.0164. The highest BCUT2D eigenvalue weighted by molar-refractivity contribution is 5.94. The number of benzene rings is 3. The number of carbonyl (C=O) groups is 1. The number of aromatic nitrogens is 2. The molecule has 1 aliphatic rings. The maximum absolute atomic E-state index is 13.3. The van der Waals surface area contributed by atoms with E-state index >= 15 is 0 Å². The zero-order valence-electron chi connectivity index (χ0n) is 17.8. The third kappa shape index (κ3) is 3.71. The highest BCUT2D eigenvalue weighted by Crippen LogP contribution is 2.40. The van der Waals surface area contributed by atoms with Gasteiger partial charge in [-0.15, -0.1) is 0 Å². The van der Waals surface area contributed by atoms with Gasteiger partial charge in [-0.3, -0.25) is 14.7 Å². The Labute approximate surface area is 189 Å². The van der Waals surface area contributed by atoms with Crippen LogP contribution in [-0.2, 0) is 16.1 Å². The first-order valence-corrected chi connectivity index (χ1v) is 10.4. The lowest BCUT2D eigenvalue weighted by Gasteiger charge is -2.30. The highest BCUT2D eigenvalue weighted by Gasteiger charge is 2.35. The number of ether oxygens (including phenoxy) is 1. The van der Waals surface area contributed by atoms with E-state index in [-0.39, 0.29) is 12.3 Å². The number of nitro groups is 1. The number of nitrogens with one attached hydrogen (secondary N) is 1. The van der Waals surface area contributed by atoms with Gasteiger partial charge in [0.05, 0.1) is 27.6 Å². The van der Waals surface area contributed by atoms with Crippen LogP contribution in [0.15, 0.2) is 90.1 Å². The maximum Gasteiger partial charge on any atom is 0.338 e. The van der Waals surface area contributed by atoms with Crippen LogP contribution in [0.2, 0.25) is 0 Å². The molecule has 1 aromatic heterocycles. The van der Waals surface area contributed by atoms with E-state index in [1.54, 1.807) is 19.1 Å². The van der Waals surface area contributed by atoms with E-state index in [9.17, 15) is 14.9 Å². The minimum atomic E-state index is -0.558. The van der Waals surface area contributed by atoms with Crippen LogP contribution in [0.25, 0.3) is 11.0 Å². The average Bonchev–Trinajstić information content (AvgIpc) is 3.20.